The lowest BCUT2D eigenvalue weighted by molar-refractivity contribution is -0.145. The fraction of sp³-hybridized carbons (Fsp3) is 0.857. The Bertz CT molecular complexity index is 392. The van der Waals surface area contributed by atoms with E-state index in [9.17, 15) is 4.79 Å². The van der Waals surface area contributed by atoms with E-state index in [-0.39, 0.29) is 16.9 Å². The molecule has 1 saturated heterocycles. The van der Waals surface area contributed by atoms with Crippen molar-refractivity contribution in [2.24, 2.45) is 0 Å². The number of carbonyl (C=O) groups excluding carboxylic acids is 1. The van der Waals surface area contributed by atoms with Gasteiger partial charge in [0.25, 0.3) is 0 Å². The molecule has 1 heterocycles. The minimum Gasteiger partial charge on any atom is -0.479 e. The van der Waals surface area contributed by atoms with Gasteiger partial charge in [0.05, 0.1) is 11.4 Å². The summed E-state index contributed by atoms with van der Waals surface area (Å²) in [7, 11) is 0. The van der Waals surface area contributed by atoms with Crippen LogP contribution < -0.4 is 5.32 Å². The molecule has 0 aromatic carbocycles. The van der Waals surface area contributed by atoms with Crippen molar-refractivity contribution in [2.75, 3.05) is 6.61 Å². The fourth-order valence-electron chi connectivity index (χ4n) is 2.79. The third-order valence-electron chi connectivity index (χ3n) is 3.95. The van der Waals surface area contributed by atoms with E-state index in [1.807, 2.05) is 20.8 Å². The van der Waals surface area contributed by atoms with Gasteiger partial charge in [-0.3, -0.25) is 10.1 Å². The molecule has 114 valence electrons. The van der Waals surface area contributed by atoms with Crippen LogP contribution in [0.3, 0.4) is 0 Å². The van der Waals surface area contributed by atoms with E-state index < -0.39 is 5.54 Å². The van der Waals surface area contributed by atoms with Crippen LogP contribution in [0.2, 0.25) is 0 Å². The quantitative estimate of drug-likeness (QED) is 0.638. The Kier molecular flexibility index (Phi) is 4.97. The Morgan fingerprint density at radius 1 is 1.45 bits per heavy atom. The second-order valence-electron chi connectivity index (χ2n) is 5.97. The largest absolute Gasteiger partial charge is 0.479 e. The zero-order valence-electron chi connectivity index (χ0n) is 12.4. The summed E-state index contributed by atoms with van der Waals surface area (Å²) in [5, 5.41) is 3.33. The summed E-state index contributed by atoms with van der Waals surface area (Å²) in [5.41, 5.74) is -0.622. The molecular formula is C14H23NO3S2. The predicted molar refractivity (Wildman–Crippen MR) is 84.7 cm³/mol. The lowest BCUT2D eigenvalue weighted by Gasteiger charge is -2.40. The molecule has 1 aliphatic carbocycles. The van der Waals surface area contributed by atoms with Gasteiger partial charge in [0.1, 0.15) is 5.54 Å². The summed E-state index contributed by atoms with van der Waals surface area (Å²) in [6, 6.07) is 0. The van der Waals surface area contributed by atoms with E-state index in [4.69, 9.17) is 21.7 Å². The van der Waals surface area contributed by atoms with Crippen molar-refractivity contribution in [1.82, 2.24) is 5.32 Å². The molecule has 1 aliphatic heterocycles. The Labute approximate surface area is 130 Å². The highest BCUT2D eigenvalue weighted by atomic mass is 32.2. The monoisotopic (exact) mass is 317 g/mol. The van der Waals surface area contributed by atoms with E-state index in [2.05, 4.69) is 5.32 Å². The maximum Gasteiger partial charge on any atom is 0.327 e. The number of rotatable bonds is 3. The number of cyclic esters (lactones) is 1. The number of nitrogens with one attached hydrogen (secondary N) is 1. The van der Waals surface area contributed by atoms with Crippen LogP contribution in [0.1, 0.15) is 52.9 Å². The average molecular weight is 317 g/mol. The topological polar surface area (TPSA) is 47.6 Å². The molecule has 1 atom stereocenters. The lowest BCUT2D eigenvalue weighted by Crippen LogP contribution is -2.52. The zero-order chi connectivity index (χ0) is 14.8. The van der Waals surface area contributed by atoms with Gasteiger partial charge in [-0.15, -0.1) is 0 Å². The normalized spacial score (nSPS) is 27.9. The Morgan fingerprint density at radius 2 is 2.10 bits per heavy atom. The highest BCUT2D eigenvalue weighted by Gasteiger charge is 2.52. The van der Waals surface area contributed by atoms with Crippen LogP contribution in [0.5, 0.6) is 0 Å². The van der Waals surface area contributed by atoms with Gasteiger partial charge in [-0.25, -0.2) is 0 Å². The fourth-order valence-corrected chi connectivity index (χ4v) is 4.62. The highest BCUT2D eigenvalue weighted by Crippen LogP contribution is 2.45. The van der Waals surface area contributed by atoms with Gasteiger partial charge in [-0.1, -0.05) is 31.0 Å². The molecule has 0 bridgehead atoms. The molecule has 2 rings (SSSR count). The van der Waals surface area contributed by atoms with Crippen LogP contribution in [-0.4, -0.2) is 33.5 Å². The van der Waals surface area contributed by atoms with Crippen LogP contribution in [0.25, 0.3) is 0 Å². The molecule has 0 radical (unpaired) electrons. The molecule has 0 amide bonds. The van der Waals surface area contributed by atoms with E-state index >= 15 is 0 Å². The summed E-state index contributed by atoms with van der Waals surface area (Å²) in [6.45, 7) is 6.22. The highest BCUT2D eigenvalue weighted by molar-refractivity contribution is 8.23. The Hall–Kier alpha value is -0.330. The number of hydrogen-bond acceptors (Lipinski definition) is 6. The van der Waals surface area contributed by atoms with Gasteiger partial charge in [-0.2, -0.15) is 0 Å². The van der Waals surface area contributed by atoms with Crippen molar-refractivity contribution in [3.63, 3.8) is 0 Å². The third-order valence-corrected chi connectivity index (χ3v) is 5.63. The van der Waals surface area contributed by atoms with Crippen molar-refractivity contribution in [2.45, 2.75) is 69.4 Å². The van der Waals surface area contributed by atoms with Crippen LogP contribution in [0.15, 0.2) is 0 Å². The van der Waals surface area contributed by atoms with Crippen LogP contribution in [-0.2, 0) is 14.3 Å². The van der Waals surface area contributed by atoms with Crippen LogP contribution in [0, 0.1) is 0 Å². The van der Waals surface area contributed by atoms with Gasteiger partial charge >= 0.3 is 5.97 Å². The summed E-state index contributed by atoms with van der Waals surface area (Å²) < 4.78 is 11.4. The molecule has 20 heavy (non-hydrogen) atoms. The minimum atomic E-state index is -0.622. The minimum absolute atomic E-state index is 0.185. The summed E-state index contributed by atoms with van der Waals surface area (Å²) >= 11 is 6.86. The van der Waals surface area contributed by atoms with Gasteiger partial charge in [0.2, 0.25) is 4.38 Å². The number of thiocarbonyl (C=S) groups is 1. The van der Waals surface area contributed by atoms with Gasteiger partial charge in [-0.05, 0) is 45.8 Å². The summed E-state index contributed by atoms with van der Waals surface area (Å²) in [6.07, 6.45) is 5.20. The molecule has 4 nitrogen and oxygen atoms in total. The predicted octanol–water partition coefficient (Wildman–Crippen LogP) is 3.00. The molecule has 1 N–H and O–H groups in total. The van der Waals surface area contributed by atoms with E-state index in [1.165, 1.54) is 6.42 Å². The molecule has 1 saturated carbocycles. The van der Waals surface area contributed by atoms with Gasteiger partial charge in [0.15, 0.2) is 6.23 Å². The maximum absolute atomic E-state index is 11.9. The average Bonchev–Trinajstić information content (AvgIpc) is 2.66. The number of esters is 1. The number of carbonyl (C=O) groups is 1. The zero-order valence-corrected chi connectivity index (χ0v) is 14.0. The first-order chi connectivity index (χ1) is 9.39. The van der Waals surface area contributed by atoms with Crippen molar-refractivity contribution >= 4 is 34.3 Å². The molecule has 0 spiro atoms. The molecule has 2 fully saturated rings. The molecule has 0 aromatic heterocycles. The van der Waals surface area contributed by atoms with Crippen molar-refractivity contribution < 1.29 is 14.3 Å². The third kappa shape index (κ3) is 3.28. The van der Waals surface area contributed by atoms with Crippen molar-refractivity contribution in [1.29, 1.82) is 0 Å². The van der Waals surface area contributed by atoms with Crippen molar-refractivity contribution in [3.05, 3.63) is 0 Å². The van der Waals surface area contributed by atoms with E-state index in [0.29, 0.717) is 11.0 Å². The summed E-state index contributed by atoms with van der Waals surface area (Å²) in [4.78, 5) is 11.9. The Balaban J connectivity index is 2.15. The first kappa shape index (κ1) is 16.0. The standard InChI is InChI=1S/C14H23NO3S2/c1-4-17-12(19)20-14(8-6-5-7-9-14)10-15-13(2,3)11(16)18-10/h10,15H,4-9H2,1-3H3. The Morgan fingerprint density at radius 3 is 2.60 bits per heavy atom. The first-order valence-electron chi connectivity index (χ1n) is 7.24. The van der Waals surface area contributed by atoms with Crippen LogP contribution in [0.4, 0.5) is 0 Å². The van der Waals surface area contributed by atoms with Crippen LogP contribution >= 0.6 is 24.0 Å². The first-order valence-corrected chi connectivity index (χ1v) is 8.47. The number of hydrogen-bond donors (Lipinski definition) is 1. The number of ether oxygens (including phenoxy) is 2. The number of thioether (sulfide) groups is 1. The second kappa shape index (κ2) is 6.20. The molecule has 2 aliphatic rings. The van der Waals surface area contributed by atoms with E-state index in [1.54, 1.807) is 11.8 Å². The SMILES string of the molecule is CCOC(=S)SC1(C2NC(C)(C)C(=O)O2)CCCCC1. The second-order valence-corrected chi connectivity index (χ2v) is 7.98. The smallest absolute Gasteiger partial charge is 0.327 e. The molecule has 1 unspecified atom stereocenters. The van der Waals surface area contributed by atoms with Crippen molar-refractivity contribution in [3.8, 4) is 0 Å². The molecule has 0 aromatic rings. The van der Waals surface area contributed by atoms with Gasteiger partial charge in [0, 0.05) is 0 Å². The lowest BCUT2D eigenvalue weighted by atomic mass is 9.86. The van der Waals surface area contributed by atoms with E-state index in [0.717, 1.165) is 25.7 Å². The molecule has 6 heteroatoms. The maximum atomic E-state index is 11.9. The van der Waals surface area contributed by atoms with Gasteiger partial charge < -0.3 is 9.47 Å². The molecular weight excluding hydrogens is 294 g/mol. The summed E-state index contributed by atoms with van der Waals surface area (Å²) in [5.74, 6) is -0.185.